The summed E-state index contributed by atoms with van der Waals surface area (Å²) in [6.45, 7) is 3.17. The van der Waals surface area contributed by atoms with Gasteiger partial charge in [-0.2, -0.15) is 0 Å². The molecule has 2 N–H and O–H groups in total. The van der Waals surface area contributed by atoms with E-state index in [4.69, 9.17) is 32.4 Å². The van der Waals surface area contributed by atoms with Gasteiger partial charge >= 0.3 is 0 Å². The van der Waals surface area contributed by atoms with Gasteiger partial charge in [-0.25, -0.2) is 0 Å². The SMILES string of the molecule is Cc1occc1C(=O)NNC(=O)[C@H](C)Oc1ccc(Cl)cc1Cl. The van der Waals surface area contributed by atoms with E-state index in [9.17, 15) is 9.59 Å². The molecule has 8 heteroatoms. The zero-order valence-corrected chi connectivity index (χ0v) is 13.9. The molecule has 1 heterocycles. The monoisotopic (exact) mass is 356 g/mol. The van der Waals surface area contributed by atoms with Crippen molar-refractivity contribution in [1.29, 1.82) is 0 Å². The van der Waals surface area contributed by atoms with Crippen molar-refractivity contribution in [3.05, 3.63) is 51.9 Å². The van der Waals surface area contributed by atoms with E-state index in [2.05, 4.69) is 10.9 Å². The normalized spacial score (nSPS) is 11.7. The van der Waals surface area contributed by atoms with Crippen molar-refractivity contribution in [2.24, 2.45) is 0 Å². The maximum Gasteiger partial charge on any atom is 0.279 e. The summed E-state index contributed by atoms with van der Waals surface area (Å²) in [6, 6.07) is 6.16. The number of benzene rings is 1. The van der Waals surface area contributed by atoms with Crippen molar-refractivity contribution in [1.82, 2.24) is 10.9 Å². The van der Waals surface area contributed by atoms with Crippen LogP contribution in [0.5, 0.6) is 5.75 Å². The van der Waals surface area contributed by atoms with Gasteiger partial charge in [0.15, 0.2) is 6.10 Å². The lowest BCUT2D eigenvalue weighted by Gasteiger charge is -2.16. The Kier molecular flexibility index (Phi) is 5.52. The van der Waals surface area contributed by atoms with Crippen LogP contribution in [0.2, 0.25) is 10.0 Å². The summed E-state index contributed by atoms with van der Waals surface area (Å²) in [5.41, 5.74) is 4.89. The fourth-order valence-electron chi connectivity index (χ4n) is 1.72. The fraction of sp³-hybridized carbons (Fsp3) is 0.200. The van der Waals surface area contributed by atoms with Crippen LogP contribution in [0, 0.1) is 6.92 Å². The van der Waals surface area contributed by atoms with E-state index in [-0.39, 0.29) is 5.02 Å². The second-order valence-electron chi connectivity index (χ2n) is 4.67. The standard InChI is InChI=1S/C15H14Cl2N2O4/c1-8-11(5-6-22-8)15(21)19-18-14(20)9(2)23-13-4-3-10(16)7-12(13)17/h3-7,9H,1-2H3,(H,18,20)(H,19,21)/t9-/m0/s1. The third-order valence-electron chi connectivity index (χ3n) is 2.97. The van der Waals surface area contributed by atoms with Crippen LogP contribution in [0.25, 0.3) is 0 Å². The number of halogens is 2. The molecule has 6 nitrogen and oxygen atoms in total. The smallest absolute Gasteiger partial charge is 0.279 e. The van der Waals surface area contributed by atoms with E-state index in [1.807, 2.05) is 0 Å². The van der Waals surface area contributed by atoms with Gasteiger partial charge in [0.1, 0.15) is 11.5 Å². The number of aryl methyl sites for hydroxylation is 1. The zero-order chi connectivity index (χ0) is 17.0. The van der Waals surface area contributed by atoms with Crippen molar-refractivity contribution in [3.8, 4) is 5.75 Å². The first-order valence-electron chi connectivity index (χ1n) is 6.64. The quantitative estimate of drug-likeness (QED) is 0.824. The molecule has 2 rings (SSSR count). The molecule has 0 unspecified atom stereocenters. The van der Waals surface area contributed by atoms with Crippen molar-refractivity contribution in [3.63, 3.8) is 0 Å². The Labute approximate surface area is 142 Å². The molecule has 1 aromatic heterocycles. The summed E-state index contributed by atoms with van der Waals surface area (Å²) in [7, 11) is 0. The summed E-state index contributed by atoms with van der Waals surface area (Å²) < 4.78 is 10.5. The third kappa shape index (κ3) is 4.40. The molecule has 0 radical (unpaired) electrons. The summed E-state index contributed by atoms with van der Waals surface area (Å²) >= 11 is 11.8. The van der Waals surface area contributed by atoms with E-state index in [1.165, 1.54) is 25.3 Å². The Morgan fingerprint density at radius 2 is 1.96 bits per heavy atom. The molecule has 23 heavy (non-hydrogen) atoms. The molecule has 1 aromatic carbocycles. The van der Waals surface area contributed by atoms with Gasteiger partial charge in [0.05, 0.1) is 16.8 Å². The highest BCUT2D eigenvalue weighted by Crippen LogP contribution is 2.28. The number of hydrazine groups is 1. The van der Waals surface area contributed by atoms with Crippen molar-refractivity contribution in [2.75, 3.05) is 0 Å². The van der Waals surface area contributed by atoms with Gasteiger partial charge in [-0.1, -0.05) is 23.2 Å². The molecule has 0 saturated carbocycles. The lowest BCUT2D eigenvalue weighted by atomic mass is 10.2. The molecule has 0 saturated heterocycles. The summed E-state index contributed by atoms with van der Waals surface area (Å²) in [4.78, 5) is 23.8. The average Bonchev–Trinajstić information content (AvgIpc) is 2.93. The number of ether oxygens (including phenoxy) is 1. The van der Waals surface area contributed by atoms with E-state index >= 15 is 0 Å². The number of rotatable bonds is 4. The van der Waals surface area contributed by atoms with Gasteiger partial charge in [0, 0.05) is 5.02 Å². The molecule has 0 aliphatic carbocycles. The van der Waals surface area contributed by atoms with Crippen LogP contribution in [-0.2, 0) is 4.79 Å². The van der Waals surface area contributed by atoms with Gasteiger partial charge in [0.25, 0.3) is 11.8 Å². The molecular formula is C15H14Cl2N2O4. The minimum absolute atomic E-state index is 0.287. The van der Waals surface area contributed by atoms with Gasteiger partial charge < -0.3 is 9.15 Å². The molecule has 0 bridgehead atoms. The summed E-state index contributed by atoms with van der Waals surface area (Å²) in [5, 5.41) is 0.748. The Hall–Kier alpha value is -2.18. The minimum atomic E-state index is -0.876. The topological polar surface area (TPSA) is 80.6 Å². The van der Waals surface area contributed by atoms with Crippen LogP contribution in [0.1, 0.15) is 23.0 Å². The number of carbonyl (C=O) groups is 2. The van der Waals surface area contributed by atoms with Crippen LogP contribution in [0.15, 0.2) is 34.9 Å². The Morgan fingerprint density at radius 3 is 2.57 bits per heavy atom. The lowest BCUT2D eigenvalue weighted by Crippen LogP contribution is -2.47. The highest BCUT2D eigenvalue weighted by Gasteiger charge is 2.18. The van der Waals surface area contributed by atoms with E-state index in [1.54, 1.807) is 19.1 Å². The first-order chi connectivity index (χ1) is 10.9. The summed E-state index contributed by atoms with van der Waals surface area (Å²) in [6.07, 6.45) is 0.514. The molecule has 0 spiro atoms. The van der Waals surface area contributed by atoms with Gasteiger partial charge in [-0.15, -0.1) is 0 Å². The predicted octanol–water partition coefficient (Wildman–Crippen LogP) is 3.12. The van der Waals surface area contributed by atoms with Crippen LogP contribution >= 0.6 is 23.2 Å². The highest BCUT2D eigenvalue weighted by atomic mass is 35.5. The number of hydrogen-bond donors (Lipinski definition) is 2. The van der Waals surface area contributed by atoms with Gasteiger partial charge in [-0.3, -0.25) is 20.4 Å². The maximum absolute atomic E-state index is 11.9. The van der Waals surface area contributed by atoms with E-state index in [0.717, 1.165) is 0 Å². The molecule has 2 amide bonds. The number of nitrogens with one attached hydrogen (secondary N) is 2. The van der Waals surface area contributed by atoms with Crippen molar-refractivity contribution < 1.29 is 18.7 Å². The zero-order valence-electron chi connectivity index (χ0n) is 12.4. The van der Waals surface area contributed by atoms with Crippen LogP contribution in [0.3, 0.4) is 0 Å². The van der Waals surface area contributed by atoms with Crippen molar-refractivity contribution in [2.45, 2.75) is 20.0 Å². The second-order valence-corrected chi connectivity index (χ2v) is 5.51. The van der Waals surface area contributed by atoms with Crippen LogP contribution < -0.4 is 15.6 Å². The first kappa shape index (κ1) is 17.2. The van der Waals surface area contributed by atoms with Crippen LogP contribution in [0.4, 0.5) is 0 Å². The molecule has 0 fully saturated rings. The fourth-order valence-corrected chi connectivity index (χ4v) is 2.18. The summed E-state index contributed by atoms with van der Waals surface area (Å²) in [5.74, 6) is -0.253. The second kappa shape index (κ2) is 7.39. The Bertz CT molecular complexity index is 730. The van der Waals surface area contributed by atoms with Crippen molar-refractivity contribution >= 4 is 35.0 Å². The molecule has 0 aliphatic rings. The molecule has 0 aliphatic heterocycles. The molecule has 1 atom stereocenters. The van der Waals surface area contributed by atoms with Crippen LogP contribution in [-0.4, -0.2) is 17.9 Å². The largest absolute Gasteiger partial charge is 0.479 e. The Morgan fingerprint density at radius 1 is 1.22 bits per heavy atom. The average molecular weight is 357 g/mol. The molecular weight excluding hydrogens is 343 g/mol. The van der Waals surface area contributed by atoms with Gasteiger partial charge in [-0.05, 0) is 38.1 Å². The maximum atomic E-state index is 11.9. The van der Waals surface area contributed by atoms with E-state index in [0.29, 0.717) is 22.1 Å². The molecule has 122 valence electrons. The predicted molar refractivity (Wildman–Crippen MR) is 85.6 cm³/mol. The van der Waals surface area contributed by atoms with Gasteiger partial charge in [0.2, 0.25) is 0 Å². The first-order valence-corrected chi connectivity index (χ1v) is 7.40. The number of furan rings is 1. The lowest BCUT2D eigenvalue weighted by molar-refractivity contribution is -0.128. The Balaban J connectivity index is 1.90. The number of amides is 2. The molecule has 2 aromatic rings. The number of hydrogen-bond acceptors (Lipinski definition) is 4. The highest BCUT2D eigenvalue weighted by molar-refractivity contribution is 6.35. The van der Waals surface area contributed by atoms with E-state index < -0.39 is 17.9 Å². The number of carbonyl (C=O) groups excluding carboxylic acids is 2. The minimum Gasteiger partial charge on any atom is -0.479 e. The third-order valence-corrected chi connectivity index (χ3v) is 3.50.